The second-order valence-corrected chi connectivity index (χ2v) is 5.85. The average molecular weight is 317 g/mol. The van der Waals surface area contributed by atoms with Gasteiger partial charge in [-0.2, -0.15) is 0 Å². The van der Waals surface area contributed by atoms with Crippen LogP contribution in [0.4, 0.5) is 4.79 Å². The number of urea groups is 1. The Morgan fingerprint density at radius 3 is 3.04 bits per heavy atom. The predicted molar refractivity (Wildman–Crippen MR) is 88.4 cm³/mol. The summed E-state index contributed by atoms with van der Waals surface area (Å²) in [5.41, 5.74) is 4.33. The first-order valence-electron chi connectivity index (χ1n) is 7.92. The number of benzene rings is 1. The third-order valence-corrected chi connectivity index (χ3v) is 4.14. The Hall–Kier alpha value is -2.12. The van der Waals surface area contributed by atoms with Crippen LogP contribution in [0.2, 0.25) is 0 Å². The summed E-state index contributed by atoms with van der Waals surface area (Å²) in [6.07, 6.45) is 0.0336. The van der Waals surface area contributed by atoms with Crippen LogP contribution in [0.5, 0.6) is 0 Å². The van der Waals surface area contributed by atoms with Gasteiger partial charge in [-0.1, -0.05) is 6.07 Å². The summed E-state index contributed by atoms with van der Waals surface area (Å²) in [7, 11) is 0. The Labute approximate surface area is 135 Å². The van der Waals surface area contributed by atoms with Crippen LogP contribution in [0.15, 0.2) is 12.1 Å². The molecule has 2 heterocycles. The molecule has 1 aromatic carbocycles. The van der Waals surface area contributed by atoms with Crippen LogP contribution in [-0.4, -0.2) is 48.3 Å². The van der Waals surface area contributed by atoms with Crippen molar-refractivity contribution >= 4 is 17.1 Å². The number of aromatic nitrogens is 2. The van der Waals surface area contributed by atoms with Crippen molar-refractivity contribution in [1.29, 1.82) is 0 Å². The van der Waals surface area contributed by atoms with Gasteiger partial charge in [-0.3, -0.25) is 0 Å². The molecule has 0 bridgehead atoms. The van der Waals surface area contributed by atoms with Crippen molar-refractivity contribution < 1.29 is 9.53 Å². The molecule has 1 saturated heterocycles. The van der Waals surface area contributed by atoms with Crippen molar-refractivity contribution in [1.82, 2.24) is 25.9 Å². The van der Waals surface area contributed by atoms with Gasteiger partial charge in [0.05, 0.1) is 30.3 Å². The summed E-state index contributed by atoms with van der Waals surface area (Å²) in [4.78, 5) is 19.7. The molecule has 0 radical (unpaired) electrons. The number of amides is 2. The molecule has 124 valence electrons. The Morgan fingerprint density at radius 1 is 1.39 bits per heavy atom. The maximum atomic E-state index is 11.9. The number of morpholine rings is 1. The summed E-state index contributed by atoms with van der Waals surface area (Å²) in [6.45, 7) is 7.31. The molecule has 23 heavy (non-hydrogen) atoms. The molecule has 0 aliphatic carbocycles. The van der Waals surface area contributed by atoms with Crippen molar-refractivity contribution in [3.63, 3.8) is 0 Å². The van der Waals surface area contributed by atoms with Crippen LogP contribution < -0.4 is 16.0 Å². The largest absolute Gasteiger partial charge is 0.374 e. The van der Waals surface area contributed by atoms with Gasteiger partial charge in [-0.25, -0.2) is 9.78 Å². The van der Waals surface area contributed by atoms with Gasteiger partial charge in [-0.05, 0) is 31.0 Å². The van der Waals surface area contributed by atoms with Crippen molar-refractivity contribution in [3.8, 4) is 0 Å². The Balaban J connectivity index is 1.51. The van der Waals surface area contributed by atoms with Crippen LogP contribution in [0, 0.1) is 13.8 Å². The highest BCUT2D eigenvalue weighted by molar-refractivity contribution is 5.80. The maximum absolute atomic E-state index is 11.9. The first kappa shape index (κ1) is 15.8. The van der Waals surface area contributed by atoms with Crippen molar-refractivity contribution in [2.45, 2.75) is 26.5 Å². The van der Waals surface area contributed by atoms with Gasteiger partial charge in [0.1, 0.15) is 5.82 Å². The monoisotopic (exact) mass is 317 g/mol. The Kier molecular flexibility index (Phi) is 4.78. The number of nitrogens with one attached hydrogen (secondary N) is 4. The number of aromatic amines is 1. The number of carbonyl (C=O) groups excluding carboxylic acids is 1. The SMILES string of the molecule is Cc1ccc2[nH]c(CNC(=O)NC[C@H]3CNCCO3)nc2c1C. The lowest BCUT2D eigenvalue weighted by atomic mass is 10.1. The summed E-state index contributed by atoms with van der Waals surface area (Å²) in [5.74, 6) is 0.749. The molecule has 1 aliphatic heterocycles. The molecule has 1 aliphatic rings. The minimum atomic E-state index is -0.215. The van der Waals surface area contributed by atoms with Gasteiger partial charge in [0, 0.05) is 19.6 Å². The predicted octanol–water partition coefficient (Wildman–Crippen LogP) is 0.967. The number of nitrogens with zero attached hydrogens (tertiary/aromatic N) is 1. The van der Waals surface area contributed by atoms with E-state index in [4.69, 9.17) is 4.74 Å². The quantitative estimate of drug-likeness (QED) is 0.676. The van der Waals surface area contributed by atoms with Crippen LogP contribution in [-0.2, 0) is 11.3 Å². The number of hydrogen-bond acceptors (Lipinski definition) is 4. The minimum Gasteiger partial charge on any atom is -0.374 e. The number of carbonyl (C=O) groups is 1. The molecule has 1 fully saturated rings. The third-order valence-electron chi connectivity index (χ3n) is 4.14. The molecular formula is C16H23N5O2. The normalized spacial score (nSPS) is 18.1. The molecule has 2 aromatic rings. The first-order chi connectivity index (χ1) is 11.1. The molecule has 3 rings (SSSR count). The number of fused-ring (bicyclic) bond motifs is 1. The van der Waals surface area contributed by atoms with Gasteiger partial charge in [-0.15, -0.1) is 0 Å². The highest BCUT2D eigenvalue weighted by Gasteiger charge is 2.14. The summed E-state index contributed by atoms with van der Waals surface area (Å²) in [5, 5.41) is 8.86. The lowest BCUT2D eigenvalue weighted by Crippen LogP contribution is -2.47. The van der Waals surface area contributed by atoms with E-state index in [0.717, 1.165) is 35.5 Å². The fraction of sp³-hybridized carbons (Fsp3) is 0.500. The summed E-state index contributed by atoms with van der Waals surface area (Å²) in [6, 6.07) is 3.87. The zero-order chi connectivity index (χ0) is 16.2. The van der Waals surface area contributed by atoms with Crippen molar-refractivity contribution in [3.05, 3.63) is 29.1 Å². The minimum absolute atomic E-state index is 0.0336. The number of rotatable bonds is 4. The van der Waals surface area contributed by atoms with Crippen LogP contribution in [0.25, 0.3) is 11.0 Å². The lowest BCUT2D eigenvalue weighted by Gasteiger charge is -2.23. The molecule has 7 heteroatoms. The zero-order valence-electron chi connectivity index (χ0n) is 13.5. The van der Waals surface area contributed by atoms with E-state index in [0.29, 0.717) is 19.7 Å². The Morgan fingerprint density at radius 2 is 2.26 bits per heavy atom. The number of ether oxygens (including phenoxy) is 1. The van der Waals surface area contributed by atoms with E-state index < -0.39 is 0 Å². The second kappa shape index (κ2) is 6.97. The topological polar surface area (TPSA) is 91.1 Å². The summed E-state index contributed by atoms with van der Waals surface area (Å²) < 4.78 is 5.53. The first-order valence-corrected chi connectivity index (χ1v) is 7.92. The van der Waals surface area contributed by atoms with E-state index in [1.165, 1.54) is 5.56 Å². The zero-order valence-corrected chi connectivity index (χ0v) is 13.5. The van der Waals surface area contributed by atoms with E-state index >= 15 is 0 Å². The van der Waals surface area contributed by atoms with Crippen LogP contribution in [0.1, 0.15) is 17.0 Å². The second-order valence-electron chi connectivity index (χ2n) is 5.85. The molecule has 2 amide bonds. The molecular weight excluding hydrogens is 294 g/mol. The number of hydrogen-bond donors (Lipinski definition) is 4. The molecule has 4 N–H and O–H groups in total. The number of H-pyrrole nitrogens is 1. The number of aryl methyl sites for hydroxylation is 2. The standard InChI is InChI=1S/C16H23N5O2/c1-10-3-4-13-15(11(10)2)21-14(20-13)9-19-16(22)18-8-12-7-17-5-6-23-12/h3-4,12,17H,5-9H2,1-2H3,(H,20,21)(H2,18,19,22)/t12-/m1/s1. The van der Waals surface area contributed by atoms with E-state index in [9.17, 15) is 4.79 Å². The Bertz CT molecular complexity index is 691. The molecule has 0 unspecified atom stereocenters. The fourth-order valence-electron chi connectivity index (χ4n) is 2.63. The van der Waals surface area contributed by atoms with Crippen LogP contribution in [0.3, 0.4) is 0 Å². The van der Waals surface area contributed by atoms with Crippen molar-refractivity contribution in [2.75, 3.05) is 26.2 Å². The van der Waals surface area contributed by atoms with E-state index in [2.05, 4.69) is 45.8 Å². The van der Waals surface area contributed by atoms with Gasteiger partial charge in [0.2, 0.25) is 0 Å². The molecule has 1 aromatic heterocycles. The van der Waals surface area contributed by atoms with Gasteiger partial charge < -0.3 is 25.7 Å². The van der Waals surface area contributed by atoms with Gasteiger partial charge >= 0.3 is 6.03 Å². The molecule has 0 saturated carbocycles. The maximum Gasteiger partial charge on any atom is 0.315 e. The van der Waals surface area contributed by atoms with E-state index in [1.54, 1.807) is 0 Å². The number of imidazole rings is 1. The van der Waals surface area contributed by atoms with Gasteiger partial charge in [0.15, 0.2) is 0 Å². The molecule has 1 atom stereocenters. The van der Waals surface area contributed by atoms with E-state index in [-0.39, 0.29) is 12.1 Å². The third kappa shape index (κ3) is 3.80. The highest BCUT2D eigenvalue weighted by atomic mass is 16.5. The highest BCUT2D eigenvalue weighted by Crippen LogP contribution is 2.19. The lowest BCUT2D eigenvalue weighted by molar-refractivity contribution is 0.0307. The average Bonchev–Trinajstić information content (AvgIpc) is 2.99. The van der Waals surface area contributed by atoms with Crippen molar-refractivity contribution in [2.24, 2.45) is 0 Å². The smallest absolute Gasteiger partial charge is 0.315 e. The van der Waals surface area contributed by atoms with E-state index in [1.807, 2.05) is 6.07 Å². The molecule has 0 spiro atoms. The molecule has 7 nitrogen and oxygen atoms in total. The fourth-order valence-corrected chi connectivity index (χ4v) is 2.63. The van der Waals surface area contributed by atoms with Gasteiger partial charge in [0.25, 0.3) is 0 Å². The summed E-state index contributed by atoms with van der Waals surface area (Å²) >= 11 is 0. The van der Waals surface area contributed by atoms with Crippen LogP contribution >= 0.6 is 0 Å².